The van der Waals surface area contributed by atoms with Gasteiger partial charge in [-0.15, -0.1) is 0 Å². The second-order valence-corrected chi connectivity index (χ2v) is 6.31. The van der Waals surface area contributed by atoms with Gasteiger partial charge in [0.25, 0.3) is 0 Å². The van der Waals surface area contributed by atoms with Crippen molar-refractivity contribution in [3.05, 3.63) is 66.2 Å². The molecule has 0 heterocycles. The minimum Gasteiger partial charge on any atom is -0.507 e. The lowest BCUT2D eigenvalue weighted by Gasteiger charge is -2.10. The fourth-order valence-corrected chi connectivity index (χ4v) is 2.87. The first kappa shape index (κ1) is 18.7. The maximum Gasteiger partial charge on any atom is 0.191 e. The molecular weight excluding hydrogens is 358 g/mol. The second-order valence-electron chi connectivity index (χ2n) is 5.90. The number of ether oxygens (including phenoxy) is 1. The van der Waals surface area contributed by atoms with Crippen molar-refractivity contribution in [3.8, 4) is 11.5 Å². The Morgan fingerprint density at radius 1 is 1.07 bits per heavy atom. The first-order valence-corrected chi connectivity index (χ1v) is 9.04. The van der Waals surface area contributed by atoms with E-state index in [4.69, 9.17) is 17.0 Å². The van der Waals surface area contributed by atoms with Gasteiger partial charge in [0, 0.05) is 16.6 Å². The van der Waals surface area contributed by atoms with Crippen molar-refractivity contribution in [1.82, 2.24) is 5.43 Å². The number of nitrogens with one attached hydrogen (secondary N) is 2. The highest BCUT2D eigenvalue weighted by atomic mass is 32.1. The van der Waals surface area contributed by atoms with E-state index in [-0.39, 0.29) is 5.75 Å². The number of phenolic OH excluding ortho intramolecular Hbond substituents is 1. The molecule has 0 aliphatic carbocycles. The molecule has 0 atom stereocenters. The molecule has 0 aliphatic heterocycles. The molecule has 0 aromatic heterocycles. The van der Waals surface area contributed by atoms with Gasteiger partial charge in [-0.2, -0.15) is 5.10 Å². The summed E-state index contributed by atoms with van der Waals surface area (Å²) >= 11 is 5.28. The molecule has 0 saturated carbocycles. The number of hydrogen-bond donors (Lipinski definition) is 3. The molecule has 0 unspecified atom stereocenters. The Kier molecular flexibility index (Phi) is 5.88. The Labute approximate surface area is 163 Å². The Morgan fingerprint density at radius 2 is 1.81 bits per heavy atom. The van der Waals surface area contributed by atoms with Crippen LogP contribution in [0.1, 0.15) is 19.4 Å². The van der Waals surface area contributed by atoms with Gasteiger partial charge >= 0.3 is 0 Å². The van der Waals surface area contributed by atoms with Crippen LogP contribution in [-0.2, 0) is 0 Å². The number of rotatable bonds is 5. The molecule has 0 bridgehead atoms. The lowest BCUT2D eigenvalue weighted by Crippen LogP contribution is -2.24. The van der Waals surface area contributed by atoms with Gasteiger partial charge in [0.05, 0.1) is 12.3 Å². The predicted molar refractivity (Wildman–Crippen MR) is 115 cm³/mol. The van der Waals surface area contributed by atoms with Crippen molar-refractivity contribution < 1.29 is 9.84 Å². The summed E-state index contributed by atoms with van der Waals surface area (Å²) in [5.74, 6) is 1.02. The molecule has 5 nitrogen and oxygen atoms in total. The van der Waals surface area contributed by atoms with E-state index < -0.39 is 0 Å². The first-order valence-electron chi connectivity index (χ1n) is 8.63. The third-order valence-electron chi connectivity index (χ3n) is 4.04. The molecule has 27 heavy (non-hydrogen) atoms. The number of fused-ring (bicyclic) bond motifs is 1. The number of thiocarbonyl (C=S) groups is 1. The van der Waals surface area contributed by atoms with Gasteiger partial charge in [0.15, 0.2) is 5.11 Å². The normalized spacial score (nSPS) is 11.3. The summed E-state index contributed by atoms with van der Waals surface area (Å²) in [4.78, 5) is 0. The molecule has 3 rings (SSSR count). The van der Waals surface area contributed by atoms with Gasteiger partial charge in [0.2, 0.25) is 0 Å². The topological polar surface area (TPSA) is 65.9 Å². The van der Waals surface area contributed by atoms with E-state index in [2.05, 4.69) is 15.8 Å². The largest absolute Gasteiger partial charge is 0.507 e. The van der Waals surface area contributed by atoms with Gasteiger partial charge in [-0.3, -0.25) is 5.43 Å². The quantitative estimate of drug-likeness (QED) is 0.342. The van der Waals surface area contributed by atoms with Crippen LogP contribution in [0, 0.1) is 0 Å². The van der Waals surface area contributed by atoms with E-state index in [0.29, 0.717) is 23.0 Å². The van der Waals surface area contributed by atoms with Crippen molar-refractivity contribution >= 4 is 39.5 Å². The molecule has 3 aromatic carbocycles. The van der Waals surface area contributed by atoms with E-state index in [1.807, 2.05) is 74.5 Å². The monoisotopic (exact) mass is 379 g/mol. The van der Waals surface area contributed by atoms with Crippen molar-refractivity contribution in [2.45, 2.75) is 13.8 Å². The van der Waals surface area contributed by atoms with E-state index in [9.17, 15) is 5.11 Å². The number of phenols is 1. The first-order chi connectivity index (χ1) is 13.1. The van der Waals surface area contributed by atoms with Gasteiger partial charge in [0.1, 0.15) is 11.5 Å². The minimum atomic E-state index is 0.210. The zero-order chi connectivity index (χ0) is 19.2. The van der Waals surface area contributed by atoms with Crippen molar-refractivity contribution in [1.29, 1.82) is 0 Å². The SMILES string of the molecule is CCOc1ccc(NC(=S)NN=C(C)c2ccc3ccccc3c2O)cc1. The number of aromatic hydroxyl groups is 1. The van der Waals surface area contributed by atoms with Crippen LogP contribution in [-0.4, -0.2) is 22.5 Å². The molecule has 0 saturated heterocycles. The summed E-state index contributed by atoms with van der Waals surface area (Å²) < 4.78 is 5.41. The predicted octanol–water partition coefficient (Wildman–Crippen LogP) is 4.65. The molecule has 3 aromatic rings. The van der Waals surface area contributed by atoms with Crippen LogP contribution in [0.15, 0.2) is 65.8 Å². The summed E-state index contributed by atoms with van der Waals surface area (Å²) in [6.07, 6.45) is 0. The lowest BCUT2D eigenvalue weighted by molar-refractivity contribution is 0.340. The van der Waals surface area contributed by atoms with Gasteiger partial charge in [-0.25, -0.2) is 0 Å². The second kappa shape index (κ2) is 8.51. The molecule has 0 radical (unpaired) electrons. The maximum atomic E-state index is 10.5. The van der Waals surface area contributed by atoms with Gasteiger partial charge in [-0.1, -0.05) is 30.3 Å². The summed E-state index contributed by atoms with van der Waals surface area (Å²) in [7, 11) is 0. The Balaban J connectivity index is 1.68. The Morgan fingerprint density at radius 3 is 2.56 bits per heavy atom. The van der Waals surface area contributed by atoms with E-state index >= 15 is 0 Å². The van der Waals surface area contributed by atoms with Crippen LogP contribution >= 0.6 is 12.2 Å². The number of benzene rings is 3. The van der Waals surface area contributed by atoms with Crippen molar-refractivity contribution in [2.24, 2.45) is 5.10 Å². The smallest absolute Gasteiger partial charge is 0.191 e. The summed E-state index contributed by atoms with van der Waals surface area (Å²) in [5.41, 5.74) is 4.93. The molecule has 6 heteroatoms. The van der Waals surface area contributed by atoms with Crippen LogP contribution in [0.25, 0.3) is 10.8 Å². The zero-order valence-corrected chi connectivity index (χ0v) is 16.0. The molecule has 0 fully saturated rings. The van der Waals surface area contributed by atoms with Gasteiger partial charge in [-0.05, 0) is 61.8 Å². The highest BCUT2D eigenvalue weighted by molar-refractivity contribution is 7.80. The average Bonchev–Trinajstić information content (AvgIpc) is 2.68. The molecule has 0 spiro atoms. The third kappa shape index (κ3) is 4.54. The van der Waals surface area contributed by atoms with Crippen LogP contribution in [0.2, 0.25) is 0 Å². The standard InChI is InChI=1S/C21H21N3O2S/c1-3-26-17-11-9-16(10-12-17)22-21(27)24-23-14(2)18-13-8-15-6-4-5-7-19(15)20(18)25/h4-13,25H,3H2,1-2H3,(H2,22,24,27). The van der Waals surface area contributed by atoms with E-state index in [1.165, 1.54) is 0 Å². The van der Waals surface area contributed by atoms with Crippen LogP contribution in [0.4, 0.5) is 5.69 Å². The van der Waals surface area contributed by atoms with Gasteiger partial charge < -0.3 is 15.2 Å². The summed E-state index contributed by atoms with van der Waals surface area (Å²) in [5, 5.41) is 20.0. The zero-order valence-electron chi connectivity index (χ0n) is 15.2. The van der Waals surface area contributed by atoms with Crippen molar-refractivity contribution in [3.63, 3.8) is 0 Å². The molecule has 0 amide bonds. The highest BCUT2D eigenvalue weighted by Gasteiger charge is 2.09. The maximum absolute atomic E-state index is 10.5. The Hall–Kier alpha value is -3.12. The minimum absolute atomic E-state index is 0.210. The molecule has 0 aliphatic rings. The van der Waals surface area contributed by atoms with E-state index in [1.54, 1.807) is 0 Å². The van der Waals surface area contributed by atoms with Crippen LogP contribution < -0.4 is 15.5 Å². The van der Waals surface area contributed by atoms with Crippen LogP contribution in [0.3, 0.4) is 0 Å². The molecule has 3 N–H and O–H groups in total. The third-order valence-corrected chi connectivity index (χ3v) is 4.23. The number of hydrogen-bond acceptors (Lipinski definition) is 4. The Bertz CT molecular complexity index is 984. The summed E-state index contributed by atoms with van der Waals surface area (Å²) in [6, 6.07) is 19.0. The molecule has 138 valence electrons. The fourth-order valence-electron chi connectivity index (χ4n) is 2.70. The molecular formula is C21H21N3O2S. The number of nitrogens with zero attached hydrogens (tertiary/aromatic N) is 1. The lowest BCUT2D eigenvalue weighted by atomic mass is 10.0. The number of anilines is 1. The fraction of sp³-hybridized carbons (Fsp3) is 0.143. The highest BCUT2D eigenvalue weighted by Crippen LogP contribution is 2.28. The van der Waals surface area contributed by atoms with Crippen molar-refractivity contribution in [2.75, 3.05) is 11.9 Å². The average molecular weight is 379 g/mol. The number of hydrazone groups is 1. The van der Waals surface area contributed by atoms with Crippen LogP contribution in [0.5, 0.6) is 11.5 Å². The van der Waals surface area contributed by atoms with E-state index in [0.717, 1.165) is 22.2 Å². The summed E-state index contributed by atoms with van der Waals surface area (Å²) in [6.45, 7) is 4.39.